The molecule has 0 radical (unpaired) electrons. The molecule has 0 unspecified atom stereocenters. The van der Waals surface area contributed by atoms with E-state index in [1.165, 1.54) is 12.4 Å². The lowest BCUT2D eigenvalue weighted by atomic mass is 10.1. The number of anilines is 1. The number of nitrogens with zero attached hydrogens (tertiary/aromatic N) is 4. The average Bonchev–Trinajstić information content (AvgIpc) is 3.27. The van der Waals surface area contributed by atoms with Gasteiger partial charge >= 0.3 is 0 Å². The average molecular weight is 359 g/mol. The molecule has 0 fully saturated rings. The number of hydrogen-bond donors (Lipinski definition) is 3. The number of fused-ring (bicyclic) bond motifs is 2. The molecule has 7 nitrogen and oxygen atoms in total. The number of halogens is 1. The first-order valence-electron chi connectivity index (χ1n) is 8.36. The number of benzene rings is 2. The standard InChI is InChI=1S/C19H14FN7/c20-12-4-2-1-3-10(12)8-15-24-13-6-5-11(7-14(13)25-15)17-16-18(21)22-9-23-19(16)27-26-17/h1-7,9H,8H2,(H,24,25)(H3,21,22,23,26,27). The second-order valence-electron chi connectivity index (χ2n) is 6.24. The van der Waals surface area contributed by atoms with Crippen LogP contribution < -0.4 is 5.73 Å². The van der Waals surface area contributed by atoms with E-state index in [0.717, 1.165) is 22.3 Å². The molecule has 8 heteroatoms. The number of imidazole rings is 1. The molecular weight excluding hydrogens is 345 g/mol. The number of nitrogens with two attached hydrogens (primary N) is 1. The summed E-state index contributed by atoms with van der Waals surface area (Å²) < 4.78 is 13.9. The lowest BCUT2D eigenvalue weighted by Gasteiger charge is -2.00. The lowest BCUT2D eigenvalue weighted by molar-refractivity contribution is 0.612. The fourth-order valence-electron chi connectivity index (χ4n) is 3.21. The Morgan fingerprint density at radius 1 is 1.07 bits per heavy atom. The Bertz CT molecular complexity index is 1290. The molecule has 2 aromatic carbocycles. The minimum absolute atomic E-state index is 0.238. The minimum atomic E-state index is -0.238. The quantitative estimate of drug-likeness (QED) is 0.458. The van der Waals surface area contributed by atoms with E-state index >= 15 is 0 Å². The molecule has 3 heterocycles. The zero-order valence-corrected chi connectivity index (χ0v) is 14.1. The van der Waals surface area contributed by atoms with Crippen LogP contribution in [0.25, 0.3) is 33.3 Å². The zero-order chi connectivity index (χ0) is 18.4. The first kappa shape index (κ1) is 15.4. The molecule has 27 heavy (non-hydrogen) atoms. The van der Waals surface area contributed by atoms with Gasteiger partial charge in [0, 0.05) is 12.0 Å². The van der Waals surface area contributed by atoms with Crippen LogP contribution >= 0.6 is 0 Å². The van der Waals surface area contributed by atoms with Crippen LogP contribution in [-0.4, -0.2) is 30.1 Å². The van der Waals surface area contributed by atoms with Gasteiger partial charge in [0.15, 0.2) is 5.65 Å². The fourth-order valence-corrected chi connectivity index (χ4v) is 3.21. The summed E-state index contributed by atoms with van der Waals surface area (Å²) in [4.78, 5) is 16.0. The molecule has 3 aromatic heterocycles. The van der Waals surface area contributed by atoms with Crippen molar-refractivity contribution in [2.24, 2.45) is 0 Å². The Balaban J connectivity index is 1.57. The highest BCUT2D eigenvalue weighted by Gasteiger charge is 2.14. The SMILES string of the molecule is Nc1ncnc2n[nH]c(-c3ccc4nc(Cc5ccccc5F)[nH]c4c3)c12. The van der Waals surface area contributed by atoms with Crippen LogP contribution in [0.3, 0.4) is 0 Å². The monoisotopic (exact) mass is 359 g/mol. The smallest absolute Gasteiger partial charge is 0.186 e. The molecule has 0 aliphatic carbocycles. The van der Waals surface area contributed by atoms with Crippen molar-refractivity contribution in [1.29, 1.82) is 0 Å². The largest absolute Gasteiger partial charge is 0.383 e. The van der Waals surface area contributed by atoms with E-state index in [1.807, 2.05) is 24.3 Å². The summed E-state index contributed by atoms with van der Waals surface area (Å²) >= 11 is 0. The van der Waals surface area contributed by atoms with Crippen LogP contribution in [0, 0.1) is 5.82 Å². The Labute approximate surface area is 152 Å². The number of aromatic amines is 2. The number of aromatic nitrogens is 6. The molecule has 0 atom stereocenters. The summed E-state index contributed by atoms with van der Waals surface area (Å²) in [5, 5.41) is 7.84. The van der Waals surface area contributed by atoms with E-state index in [2.05, 4.69) is 30.1 Å². The molecule has 0 saturated carbocycles. The molecule has 0 saturated heterocycles. The maximum Gasteiger partial charge on any atom is 0.186 e. The van der Waals surface area contributed by atoms with Gasteiger partial charge in [-0.3, -0.25) is 5.10 Å². The van der Waals surface area contributed by atoms with Crippen molar-refractivity contribution in [2.45, 2.75) is 6.42 Å². The molecule has 0 bridgehead atoms. The molecule has 0 aliphatic rings. The van der Waals surface area contributed by atoms with E-state index in [-0.39, 0.29) is 5.82 Å². The molecule has 5 rings (SSSR count). The Hall–Kier alpha value is -3.81. The Morgan fingerprint density at radius 3 is 2.85 bits per heavy atom. The fraction of sp³-hybridized carbons (Fsp3) is 0.0526. The number of rotatable bonds is 3. The zero-order valence-electron chi connectivity index (χ0n) is 14.1. The summed E-state index contributed by atoms with van der Waals surface area (Å²) in [6.07, 6.45) is 1.78. The second kappa shape index (κ2) is 5.87. The van der Waals surface area contributed by atoms with Crippen LogP contribution in [0.5, 0.6) is 0 Å². The predicted molar refractivity (Wildman–Crippen MR) is 100 cm³/mol. The molecule has 0 spiro atoms. The van der Waals surface area contributed by atoms with Crippen molar-refractivity contribution in [2.75, 3.05) is 5.73 Å². The first-order chi connectivity index (χ1) is 13.2. The van der Waals surface area contributed by atoms with E-state index in [9.17, 15) is 4.39 Å². The van der Waals surface area contributed by atoms with Gasteiger partial charge in [-0.05, 0) is 23.8 Å². The van der Waals surface area contributed by atoms with Gasteiger partial charge in [-0.15, -0.1) is 0 Å². The molecule has 4 N–H and O–H groups in total. The van der Waals surface area contributed by atoms with Crippen molar-refractivity contribution in [3.05, 3.63) is 66.0 Å². The van der Waals surface area contributed by atoms with Gasteiger partial charge in [0.05, 0.1) is 22.1 Å². The van der Waals surface area contributed by atoms with Gasteiger partial charge in [-0.2, -0.15) is 5.10 Å². The first-order valence-corrected chi connectivity index (χ1v) is 8.36. The maximum atomic E-state index is 13.9. The summed E-state index contributed by atoms with van der Waals surface area (Å²) in [7, 11) is 0. The number of hydrogen-bond acceptors (Lipinski definition) is 5. The van der Waals surface area contributed by atoms with Gasteiger partial charge in [-0.1, -0.05) is 24.3 Å². The molecular formula is C19H14FN7. The van der Waals surface area contributed by atoms with Crippen molar-refractivity contribution >= 4 is 27.9 Å². The van der Waals surface area contributed by atoms with Crippen molar-refractivity contribution in [1.82, 2.24) is 30.1 Å². The minimum Gasteiger partial charge on any atom is -0.383 e. The van der Waals surface area contributed by atoms with Gasteiger partial charge in [-0.25, -0.2) is 19.3 Å². The van der Waals surface area contributed by atoms with Gasteiger partial charge in [0.1, 0.15) is 23.8 Å². The summed E-state index contributed by atoms with van der Waals surface area (Å²) in [6.45, 7) is 0. The summed E-state index contributed by atoms with van der Waals surface area (Å²) in [6, 6.07) is 12.5. The van der Waals surface area contributed by atoms with Crippen LogP contribution in [-0.2, 0) is 6.42 Å². The number of nitrogens with one attached hydrogen (secondary N) is 2. The third-order valence-electron chi connectivity index (χ3n) is 4.52. The highest BCUT2D eigenvalue weighted by molar-refractivity contribution is 5.99. The van der Waals surface area contributed by atoms with Crippen molar-refractivity contribution < 1.29 is 4.39 Å². The van der Waals surface area contributed by atoms with Gasteiger partial charge < -0.3 is 10.7 Å². The Morgan fingerprint density at radius 2 is 1.96 bits per heavy atom. The van der Waals surface area contributed by atoms with E-state index in [1.54, 1.807) is 12.1 Å². The number of H-pyrrole nitrogens is 2. The molecule has 132 valence electrons. The van der Waals surface area contributed by atoms with Crippen LogP contribution in [0.1, 0.15) is 11.4 Å². The van der Waals surface area contributed by atoms with E-state index in [0.29, 0.717) is 34.7 Å². The van der Waals surface area contributed by atoms with Gasteiger partial charge in [0.25, 0.3) is 0 Å². The van der Waals surface area contributed by atoms with Crippen molar-refractivity contribution in [3.8, 4) is 11.3 Å². The van der Waals surface area contributed by atoms with Crippen LogP contribution in [0.2, 0.25) is 0 Å². The third kappa shape index (κ3) is 2.58. The van der Waals surface area contributed by atoms with Crippen molar-refractivity contribution in [3.63, 3.8) is 0 Å². The summed E-state index contributed by atoms with van der Waals surface area (Å²) in [5.74, 6) is 0.830. The normalized spacial score (nSPS) is 11.4. The molecule has 0 aliphatic heterocycles. The van der Waals surface area contributed by atoms with Crippen LogP contribution in [0.4, 0.5) is 10.2 Å². The highest BCUT2D eigenvalue weighted by atomic mass is 19.1. The molecule has 0 amide bonds. The summed E-state index contributed by atoms with van der Waals surface area (Å²) in [5.41, 5.74) is 10.4. The molecule has 5 aromatic rings. The maximum absolute atomic E-state index is 13.9. The predicted octanol–water partition coefficient (Wildman–Crippen LogP) is 3.21. The van der Waals surface area contributed by atoms with Gasteiger partial charge in [0.2, 0.25) is 0 Å². The number of nitrogen functional groups attached to an aromatic ring is 1. The second-order valence-corrected chi connectivity index (χ2v) is 6.24. The topological polar surface area (TPSA) is 109 Å². The van der Waals surface area contributed by atoms with E-state index in [4.69, 9.17) is 5.73 Å². The third-order valence-corrected chi connectivity index (χ3v) is 4.52. The van der Waals surface area contributed by atoms with Crippen LogP contribution in [0.15, 0.2) is 48.8 Å². The highest BCUT2D eigenvalue weighted by Crippen LogP contribution is 2.30. The van der Waals surface area contributed by atoms with E-state index < -0.39 is 0 Å². The Kier molecular flexibility index (Phi) is 3.36. The lowest BCUT2D eigenvalue weighted by Crippen LogP contribution is -1.93.